The second-order valence-electron chi connectivity index (χ2n) is 4.13. The Balaban J connectivity index is 2.68. The summed E-state index contributed by atoms with van der Waals surface area (Å²) in [6, 6.07) is 8.31. The molecule has 18 heavy (non-hydrogen) atoms. The molecule has 3 nitrogen and oxygen atoms in total. The maximum absolute atomic E-state index is 9.12. The SMILES string of the molecule is CCC(CSC)n1c(=S)[nH]c2c(C#N)cccc21. The lowest BCUT2D eigenvalue weighted by Crippen LogP contribution is -2.10. The zero-order valence-electron chi connectivity index (χ0n) is 10.4. The van der Waals surface area contributed by atoms with Crippen molar-refractivity contribution in [3.8, 4) is 6.07 Å². The topological polar surface area (TPSA) is 44.5 Å². The molecule has 1 aromatic heterocycles. The molecular weight excluding hydrogens is 262 g/mol. The maximum Gasteiger partial charge on any atom is 0.178 e. The Morgan fingerprint density at radius 2 is 2.33 bits per heavy atom. The first-order chi connectivity index (χ1) is 8.72. The van der Waals surface area contributed by atoms with Gasteiger partial charge in [-0.3, -0.25) is 0 Å². The summed E-state index contributed by atoms with van der Waals surface area (Å²) in [5.41, 5.74) is 2.53. The summed E-state index contributed by atoms with van der Waals surface area (Å²) in [4.78, 5) is 3.17. The van der Waals surface area contributed by atoms with Gasteiger partial charge in [0.05, 0.1) is 16.6 Å². The number of benzene rings is 1. The van der Waals surface area contributed by atoms with Crippen molar-refractivity contribution in [2.24, 2.45) is 0 Å². The predicted octanol–water partition coefficient (Wildman–Crippen LogP) is 3.88. The van der Waals surface area contributed by atoms with Crippen molar-refractivity contribution < 1.29 is 0 Å². The van der Waals surface area contributed by atoms with Gasteiger partial charge < -0.3 is 9.55 Å². The van der Waals surface area contributed by atoms with Crippen LogP contribution in [-0.2, 0) is 0 Å². The Morgan fingerprint density at radius 1 is 1.56 bits per heavy atom. The summed E-state index contributed by atoms with van der Waals surface area (Å²) in [5, 5.41) is 9.12. The molecule has 2 rings (SSSR count). The second-order valence-corrected chi connectivity index (χ2v) is 5.43. The number of imidazole rings is 1. The Bertz CT molecular complexity index is 648. The third-order valence-corrected chi connectivity index (χ3v) is 4.09. The summed E-state index contributed by atoms with van der Waals surface area (Å²) in [5.74, 6) is 1.02. The van der Waals surface area contributed by atoms with Crippen molar-refractivity contribution in [1.29, 1.82) is 5.26 Å². The third-order valence-electron chi connectivity index (χ3n) is 3.07. The van der Waals surface area contributed by atoms with Gasteiger partial charge in [0.15, 0.2) is 4.77 Å². The van der Waals surface area contributed by atoms with E-state index in [-0.39, 0.29) is 0 Å². The molecule has 1 heterocycles. The van der Waals surface area contributed by atoms with E-state index < -0.39 is 0 Å². The highest BCUT2D eigenvalue weighted by Crippen LogP contribution is 2.25. The van der Waals surface area contributed by atoms with E-state index in [0.29, 0.717) is 16.4 Å². The van der Waals surface area contributed by atoms with Crippen LogP contribution < -0.4 is 0 Å². The Kier molecular flexibility index (Phi) is 4.10. The first kappa shape index (κ1) is 13.2. The molecular formula is C13H15N3S2. The predicted molar refractivity (Wildman–Crippen MR) is 79.5 cm³/mol. The minimum absolute atomic E-state index is 0.371. The van der Waals surface area contributed by atoms with Crippen LogP contribution in [0.4, 0.5) is 0 Å². The normalized spacial score (nSPS) is 12.5. The van der Waals surface area contributed by atoms with Crippen LogP contribution in [0.1, 0.15) is 24.9 Å². The molecule has 0 bridgehead atoms. The van der Waals surface area contributed by atoms with Crippen LogP contribution in [0.25, 0.3) is 11.0 Å². The lowest BCUT2D eigenvalue weighted by atomic mass is 10.2. The van der Waals surface area contributed by atoms with E-state index in [4.69, 9.17) is 17.5 Å². The Hall–Kier alpha value is -1.25. The fourth-order valence-electron chi connectivity index (χ4n) is 2.17. The van der Waals surface area contributed by atoms with Gasteiger partial charge in [0, 0.05) is 11.8 Å². The molecule has 1 atom stereocenters. The van der Waals surface area contributed by atoms with Crippen LogP contribution in [-0.4, -0.2) is 21.6 Å². The molecule has 0 saturated heterocycles. The minimum atomic E-state index is 0.371. The van der Waals surface area contributed by atoms with Crippen molar-refractivity contribution in [2.45, 2.75) is 19.4 Å². The second kappa shape index (κ2) is 5.59. The number of para-hydroxylation sites is 1. The molecule has 0 saturated carbocycles. The van der Waals surface area contributed by atoms with Gasteiger partial charge in [-0.2, -0.15) is 17.0 Å². The summed E-state index contributed by atoms with van der Waals surface area (Å²) >= 11 is 7.22. The average Bonchev–Trinajstić information content (AvgIpc) is 2.72. The molecule has 94 valence electrons. The smallest absolute Gasteiger partial charge is 0.178 e. The number of nitrogens with one attached hydrogen (secondary N) is 1. The number of fused-ring (bicyclic) bond motifs is 1. The molecule has 1 N–H and O–H groups in total. The number of nitrogens with zero attached hydrogens (tertiary/aromatic N) is 2. The van der Waals surface area contributed by atoms with E-state index in [1.807, 2.05) is 30.0 Å². The maximum atomic E-state index is 9.12. The van der Waals surface area contributed by atoms with Gasteiger partial charge >= 0.3 is 0 Å². The van der Waals surface area contributed by atoms with Crippen LogP contribution in [0.2, 0.25) is 0 Å². The van der Waals surface area contributed by atoms with E-state index in [1.54, 1.807) is 0 Å². The monoisotopic (exact) mass is 277 g/mol. The van der Waals surface area contributed by atoms with Crippen molar-refractivity contribution in [3.05, 3.63) is 28.5 Å². The molecule has 0 amide bonds. The van der Waals surface area contributed by atoms with E-state index in [2.05, 4.69) is 28.8 Å². The van der Waals surface area contributed by atoms with E-state index in [0.717, 1.165) is 23.2 Å². The number of aromatic nitrogens is 2. The van der Waals surface area contributed by atoms with E-state index in [9.17, 15) is 0 Å². The third kappa shape index (κ3) is 2.18. The van der Waals surface area contributed by atoms with Crippen LogP contribution in [0, 0.1) is 16.1 Å². The first-order valence-corrected chi connectivity index (χ1v) is 7.65. The van der Waals surface area contributed by atoms with Gasteiger partial charge in [-0.1, -0.05) is 13.0 Å². The minimum Gasteiger partial charge on any atom is -0.329 e. The Morgan fingerprint density at radius 3 is 2.94 bits per heavy atom. The summed E-state index contributed by atoms with van der Waals surface area (Å²) in [6.07, 6.45) is 3.13. The highest BCUT2D eigenvalue weighted by molar-refractivity contribution is 7.98. The van der Waals surface area contributed by atoms with Gasteiger partial charge in [-0.05, 0) is 37.0 Å². The number of hydrogen-bond acceptors (Lipinski definition) is 3. The number of H-pyrrole nitrogens is 1. The first-order valence-electron chi connectivity index (χ1n) is 5.85. The molecule has 0 aliphatic carbocycles. The van der Waals surface area contributed by atoms with E-state index >= 15 is 0 Å². The van der Waals surface area contributed by atoms with Gasteiger partial charge in [-0.15, -0.1) is 0 Å². The van der Waals surface area contributed by atoms with Gasteiger partial charge in [0.25, 0.3) is 0 Å². The lowest BCUT2D eigenvalue weighted by Gasteiger charge is -2.16. The summed E-state index contributed by atoms with van der Waals surface area (Å²) < 4.78 is 2.84. The van der Waals surface area contributed by atoms with Crippen LogP contribution >= 0.6 is 24.0 Å². The average molecular weight is 277 g/mol. The van der Waals surface area contributed by atoms with Gasteiger partial charge in [0.2, 0.25) is 0 Å². The number of hydrogen-bond donors (Lipinski definition) is 1. The van der Waals surface area contributed by atoms with Crippen molar-refractivity contribution in [1.82, 2.24) is 9.55 Å². The molecule has 5 heteroatoms. The summed E-state index contributed by atoms with van der Waals surface area (Å²) in [7, 11) is 0. The Labute approximate surface area is 116 Å². The quantitative estimate of drug-likeness (QED) is 0.862. The van der Waals surface area contributed by atoms with Crippen LogP contribution in [0.5, 0.6) is 0 Å². The highest BCUT2D eigenvalue weighted by atomic mass is 32.2. The molecule has 1 unspecified atom stereocenters. The molecule has 0 aliphatic rings. The number of nitriles is 1. The van der Waals surface area contributed by atoms with Crippen molar-refractivity contribution in [3.63, 3.8) is 0 Å². The molecule has 1 aromatic carbocycles. The molecule has 0 radical (unpaired) electrons. The van der Waals surface area contributed by atoms with Crippen molar-refractivity contribution in [2.75, 3.05) is 12.0 Å². The molecule has 2 aromatic rings. The van der Waals surface area contributed by atoms with Crippen molar-refractivity contribution >= 4 is 35.0 Å². The number of thioether (sulfide) groups is 1. The standard InChI is InChI=1S/C13H15N3S2/c1-3-10(8-18-2)16-11-6-4-5-9(7-14)12(11)15-13(16)17/h4-6,10H,3,8H2,1-2H3,(H,15,17). The zero-order chi connectivity index (χ0) is 13.1. The van der Waals surface area contributed by atoms with E-state index in [1.165, 1.54) is 0 Å². The largest absolute Gasteiger partial charge is 0.329 e. The van der Waals surface area contributed by atoms with Crippen LogP contribution in [0.3, 0.4) is 0 Å². The molecule has 0 spiro atoms. The highest BCUT2D eigenvalue weighted by Gasteiger charge is 2.14. The van der Waals surface area contributed by atoms with Gasteiger partial charge in [-0.25, -0.2) is 0 Å². The molecule has 0 aliphatic heterocycles. The number of rotatable bonds is 4. The number of aromatic amines is 1. The fourth-order valence-corrected chi connectivity index (χ4v) is 3.29. The summed E-state index contributed by atoms with van der Waals surface area (Å²) in [6.45, 7) is 2.16. The lowest BCUT2D eigenvalue weighted by molar-refractivity contribution is 0.547. The molecule has 0 fully saturated rings. The zero-order valence-corrected chi connectivity index (χ0v) is 12.1. The fraction of sp³-hybridized carbons (Fsp3) is 0.385. The van der Waals surface area contributed by atoms with Gasteiger partial charge in [0.1, 0.15) is 6.07 Å². The van der Waals surface area contributed by atoms with Crippen LogP contribution in [0.15, 0.2) is 18.2 Å².